The van der Waals surface area contributed by atoms with E-state index in [1.54, 1.807) is 24.4 Å². The van der Waals surface area contributed by atoms with Gasteiger partial charge in [-0.15, -0.1) is 0 Å². The largest absolute Gasteiger partial charge is 0.349 e. The molecule has 0 saturated carbocycles. The Kier molecular flexibility index (Phi) is 5.69. The third-order valence-corrected chi connectivity index (χ3v) is 3.73. The van der Waals surface area contributed by atoms with Crippen molar-refractivity contribution in [1.82, 2.24) is 14.7 Å². The lowest BCUT2D eigenvalue weighted by Gasteiger charge is -2.13. The van der Waals surface area contributed by atoms with Gasteiger partial charge < -0.3 is 5.32 Å². The smallest absolute Gasteiger partial charge is 0.270 e. The van der Waals surface area contributed by atoms with Gasteiger partial charge in [0.25, 0.3) is 11.5 Å². The number of nitrogens with zero attached hydrogens (tertiary/aromatic N) is 2. The van der Waals surface area contributed by atoms with Gasteiger partial charge in [-0.3, -0.25) is 14.0 Å². The summed E-state index contributed by atoms with van der Waals surface area (Å²) in [5.41, 5.74) is 0.294. The second-order valence-corrected chi connectivity index (χ2v) is 5.63. The highest BCUT2D eigenvalue weighted by molar-refractivity contribution is 5.93. The molecule has 0 aliphatic heterocycles. The Hall–Kier alpha value is -2.17. The topological polar surface area (TPSA) is 63.5 Å². The van der Waals surface area contributed by atoms with Gasteiger partial charge in [-0.1, -0.05) is 38.7 Å². The normalized spacial score (nSPS) is 12.3. The zero-order valence-corrected chi connectivity index (χ0v) is 13.2. The number of pyridine rings is 1. The van der Waals surface area contributed by atoms with Crippen molar-refractivity contribution < 1.29 is 4.79 Å². The predicted molar refractivity (Wildman–Crippen MR) is 87.1 cm³/mol. The molecule has 5 heteroatoms. The van der Waals surface area contributed by atoms with E-state index < -0.39 is 0 Å². The summed E-state index contributed by atoms with van der Waals surface area (Å²) >= 11 is 0. The van der Waals surface area contributed by atoms with Crippen LogP contribution >= 0.6 is 0 Å². The number of aromatic nitrogens is 2. The monoisotopic (exact) mass is 301 g/mol. The van der Waals surface area contributed by atoms with Crippen molar-refractivity contribution in [3.05, 3.63) is 46.5 Å². The van der Waals surface area contributed by atoms with E-state index in [1.165, 1.54) is 29.9 Å². The third-order valence-electron chi connectivity index (χ3n) is 3.73. The molecule has 0 aliphatic carbocycles. The molecule has 0 aliphatic rings. The molecule has 0 spiro atoms. The van der Waals surface area contributed by atoms with Crippen LogP contribution in [-0.2, 0) is 0 Å². The van der Waals surface area contributed by atoms with Crippen molar-refractivity contribution >= 4 is 11.6 Å². The molecule has 22 heavy (non-hydrogen) atoms. The molecule has 1 N–H and O–H groups in total. The van der Waals surface area contributed by atoms with Crippen molar-refractivity contribution in [1.29, 1.82) is 0 Å². The number of carbonyl (C=O) groups excluding carboxylic acids is 1. The number of amides is 1. The lowest BCUT2D eigenvalue weighted by atomic mass is 10.1. The fourth-order valence-electron chi connectivity index (χ4n) is 2.43. The number of carbonyl (C=O) groups is 1. The molecule has 1 amide bonds. The van der Waals surface area contributed by atoms with E-state index >= 15 is 0 Å². The molecule has 2 heterocycles. The maximum absolute atomic E-state index is 12.3. The first kappa shape index (κ1) is 16.2. The maximum Gasteiger partial charge on any atom is 0.270 e. The van der Waals surface area contributed by atoms with Crippen molar-refractivity contribution in [2.45, 2.75) is 52.0 Å². The van der Waals surface area contributed by atoms with E-state index in [0.29, 0.717) is 5.65 Å². The highest BCUT2D eigenvalue weighted by atomic mass is 16.2. The van der Waals surface area contributed by atoms with Crippen LogP contribution in [0.3, 0.4) is 0 Å². The minimum absolute atomic E-state index is 0.0558. The molecule has 0 radical (unpaired) electrons. The Morgan fingerprint density at radius 2 is 2.14 bits per heavy atom. The molecule has 0 bridgehead atoms. The summed E-state index contributed by atoms with van der Waals surface area (Å²) in [6.45, 7) is 4.14. The SMILES string of the molecule is CCCCCCC(C)NC(=O)c1cnc2ccccn2c1=O. The van der Waals surface area contributed by atoms with Crippen molar-refractivity contribution in [2.24, 2.45) is 0 Å². The zero-order valence-electron chi connectivity index (χ0n) is 13.2. The first-order chi connectivity index (χ1) is 10.6. The molecular formula is C17H23N3O2. The summed E-state index contributed by atoms with van der Waals surface area (Å²) < 4.78 is 1.39. The minimum atomic E-state index is -0.348. The third kappa shape index (κ3) is 3.93. The van der Waals surface area contributed by atoms with E-state index in [1.807, 2.05) is 6.92 Å². The number of hydrogen-bond donors (Lipinski definition) is 1. The number of rotatable bonds is 7. The molecule has 5 nitrogen and oxygen atoms in total. The molecule has 118 valence electrons. The standard InChI is InChI=1S/C17H23N3O2/c1-3-4-5-6-9-13(2)19-16(21)14-12-18-15-10-7-8-11-20(15)17(14)22/h7-8,10-13H,3-6,9H2,1-2H3,(H,19,21). The summed E-state index contributed by atoms with van der Waals surface area (Å²) in [7, 11) is 0. The fourth-order valence-corrected chi connectivity index (χ4v) is 2.43. The fraction of sp³-hybridized carbons (Fsp3) is 0.471. The Bertz CT molecular complexity index is 694. The van der Waals surface area contributed by atoms with Gasteiger partial charge in [0, 0.05) is 18.4 Å². The summed E-state index contributed by atoms with van der Waals surface area (Å²) in [5, 5.41) is 2.89. The molecule has 1 atom stereocenters. The van der Waals surface area contributed by atoms with Gasteiger partial charge in [0.15, 0.2) is 0 Å². The Labute approximate surface area is 130 Å². The van der Waals surface area contributed by atoms with Crippen LogP contribution < -0.4 is 10.9 Å². The Morgan fingerprint density at radius 1 is 1.32 bits per heavy atom. The first-order valence-electron chi connectivity index (χ1n) is 7.90. The van der Waals surface area contributed by atoms with E-state index in [2.05, 4.69) is 17.2 Å². The number of fused-ring (bicyclic) bond motifs is 1. The van der Waals surface area contributed by atoms with E-state index in [0.717, 1.165) is 12.8 Å². The van der Waals surface area contributed by atoms with Crippen molar-refractivity contribution in [3.8, 4) is 0 Å². The second-order valence-electron chi connectivity index (χ2n) is 5.63. The van der Waals surface area contributed by atoms with Crippen LogP contribution in [0.15, 0.2) is 35.4 Å². The molecule has 1 unspecified atom stereocenters. The van der Waals surface area contributed by atoms with Gasteiger partial charge in [-0.25, -0.2) is 4.98 Å². The average molecular weight is 301 g/mol. The van der Waals surface area contributed by atoms with Crippen LogP contribution in [-0.4, -0.2) is 21.3 Å². The van der Waals surface area contributed by atoms with Gasteiger partial charge in [0.05, 0.1) is 0 Å². The predicted octanol–water partition coefficient (Wildman–Crippen LogP) is 2.78. The molecule has 2 rings (SSSR count). The van der Waals surface area contributed by atoms with Crippen LogP contribution in [0.25, 0.3) is 5.65 Å². The average Bonchev–Trinajstić information content (AvgIpc) is 2.52. The van der Waals surface area contributed by atoms with Gasteiger partial charge in [0.1, 0.15) is 11.2 Å². The Balaban J connectivity index is 2.04. The lowest BCUT2D eigenvalue weighted by Crippen LogP contribution is -2.36. The molecule has 0 aromatic carbocycles. The molecule has 2 aromatic rings. The number of unbranched alkanes of at least 4 members (excludes halogenated alkanes) is 3. The highest BCUT2D eigenvalue weighted by Gasteiger charge is 2.15. The quantitative estimate of drug-likeness (QED) is 0.800. The van der Waals surface area contributed by atoms with Crippen LogP contribution in [0.1, 0.15) is 56.3 Å². The molecular weight excluding hydrogens is 278 g/mol. The minimum Gasteiger partial charge on any atom is -0.349 e. The van der Waals surface area contributed by atoms with Gasteiger partial charge in [0.2, 0.25) is 0 Å². The van der Waals surface area contributed by atoms with E-state index in [-0.39, 0.29) is 23.1 Å². The summed E-state index contributed by atoms with van der Waals surface area (Å²) in [6, 6.07) is 5.34. The number of hydrogen-bond acceptors (Lipinski definition) is 3. The summed E-state index contributed by atoms with van der Waals surface area (Å²) in [4.78, 5) is 28.7. The molecule has 2 aromatic heterocycles. The van der Waals surface area contributed by atoms with Crippen LogP contribution in [0, 0.1) is 0 Å². The van der Waals surface area contributed by atoms with Gasteiger partial charge >= 0.3 is 0 Å². The van der Waals surface area contributed by atoms with E-state index in [4.69, 9.17) is 0 Å². The Morgan fingerprint density at radius 3 is 2.91 bits per heavy atom. The van der Waals surface area contributed by atoms with Crippen molar-refractivity contribution in [3.63, 3.8) is 0 Å². The molecule has 0 saturated heterocycles. The van der Waals surface area contributed by atoms with Crippen LogP contribution in [0.5, 0.6) is 0 Å². The van der Waals surface area contributed by atoms with Crippen LogP contribution in [0.4, 0.5) is 0 Å². The second kappa shape index (κ2) is 7.73. The lowest BCUT2D eigenvalue weighted by molar-refractivity contribution is 0.0936. The summed E-state index contributed by atoms with van der Waals surface area (Å²) in [6.07, 6.45) is 8.58. The number of nitrogens with one attached hydrogen (secondary N) is 1. The van der Waals surface area contributed by atoms with Gasteiger partial charge in [-0.05, 0) is 25.5 Å². The highest BCUT2D eigenvalue weighted by Crippen LogP contribution is 2.06. The molecule has 0 fully saturated rings. The summed E-state index contributed by atoms with van der Waals surface area (Å²) in [5.74, 6) is -0.348. The van der Waals surface area contributed by atoms with Gasteiger partial charge in [-0.2, -0.15) is 0 Å². The zero-order chi connectivity index (χ0) is 15.9. The van der Waals surface area contributed by atoms with E-state index in [9.17, 15) is 9.59 Å². The van der Waals surface area contributed by atoms with Crippen molar-refractivity contribution in [2.75, 3.05) is 0 Å². The first-order valence-corrected chi connectivity index (χ1v) is 7.90. The van der Waals surface area contributed by atoms with Crippen LogP contribution in [0.2, 0.25) is 0 Å². The maximum atomic E-state index is 12.3.